The van der Waals surface area contributed by atoms with Gasteiger partial charge in [0.1, 0.15) is 5.75 Å². The van der Waals surface area contributed by atoms with E-state index in [-0.39, 0.29) is 11.4 Å². The van der Waals surface area contributed by atoms with Gasteiger partial charge in [-0.3, -0.25) is 14.2 Å². The lowest BCUT2D eigenvalue weighted by molar-refractivity contribution is 0.0652. The van der Waals surface area contributed by atoms with Crippen molar-refractivity contribution in [1.29, 1.82) is 0 Å². The maximum absolute atomic E-state index is 13.3. The molecule has 9 nitrogen and oxygen atoms in total. The van der Waals surface area contributed by atoms with Gasteiger partial charge in [-0.05, 0) is 31.3 Å². The van der Waals surface area contributed by atoms with E-state index in [9.17, 15) is 19.8 Å². The fourth-order valence-corrected chi connectivity index (χ4v) is 3.30. The molecule has 0 saturated carbocycles. The van der Waals surface area contributed by atoms with E-state index in [2.05, 4.69) is 4.90 Å². The molecule has 0 atom stereocenters. The minimum Gasteiger partial charge on any atom is -0.503 e. The first kappa shape index (κ1) is 20.5. The van der Waals surface area contributed by atoms with Gasteiger partial charge in [-0.15, -0.1) is 0 Å². The van der Waals surface area contributed by atoms with Crippen LogP contribution in [0.3, 0.4) is 0 Å². The van der Waals surface area contributed by atoms with Gasteiger partial charge in [-0.1, -0.05) is 0 Å². The Kier molecular flexibility index (Phi) is 5.69. The Hall–Kier alpha value is -3.20. The van der Waals surface area contributed by atoms with Crippen LogP contribution in [0.5, 0.6) is 17.2 Å². The number of amides is 2. The average molecular weight is 402 g/mol. The molecule has 0 unspecified atom stereocenters. The van der Waals surface area contributed by atoms with E-state index in [1.165, 1.54) is 30.7 Å². The van der Waals surface area contributed by atoms with E-state index < -0.39 is 23.3 Å². The number of benzene rings is 1. The summed E-state index contributed by atoms with van der Waals surface area (Å²) in [6.45, 7) is 2.37. The smallest absolute Gasteiger partial charge is 0.274 e. The third-order valence-electron chi connectivity index (χ3n) is 5.05. The van der Waals surface area contributed by atoms with Crippen molar-refractivity contribution in [3.63, 3.8) is 0 Å². The summed E-state index contributed by atoms with van der Waals surface area (Å²) < 4.78 is 6.48. The van der Waals surface area contributed by atoms with E-state index in [0.29, 0.717) is 37.6 Å². The molecule has 2 amide bonds. The molecule has 9 heteroatoms. The second-order valence-corrected chi connectivity index (χ2v) is 7.22. The molecule has 2 N–H and O–H groups in total. The van der Waals surface area contributed by atoms with Gasteiger partial charge in [0.05, 0.1) is 7.11 Å². The van der Waals surface area contributed by atoms with E-state index >= 15 is 0 Å². The van der Waals surface area contributed by atoms with Crippen LogP contribution >= 0.6 is 0 Å². The van der Waals surface area contributed by atoms with Crippen LogP contribution in [0.1, 0.15) is 21.0 Å². The van der Waals surface area contributed by atoms with Crippen molar-refractivity contribution in [2.45, 2.75) is 0 Å². The highest BCUT2D eigenvalue weighted by atomic mass is 16.5. The quantitative estimate of drug-likeness (QED) is 0.791. The molecule has 2 heterocycles. The normalized spacial score (nSPS) is 14.7. The zero-order chi connectivity index (χ0) is 21.3. The van der Waals surface area contributed by atoms with Crippen molar-refractivity contribution >= 4 is 11.8 Å². The Labute approximate surface area is 169 Å². The first-order valence-electron chi connectivity index (χ1n) is 9.26. The molecular formula is C20H26N4O5. The van der Waals surface area contributed by atoms with Gasteiger partial charge >= 0.3 is 0 Å². The maximum atomic E-state index is 13.3. The number of carbonyl (C=O) groups is 2. The first-order chi connectivity index (χ1) is 13.8. The summed E-state index contributed by atoms with van der Waals surface area (Å²) in [6.07, 6.45) is 0. The van der Waals surface area contributed by atoms with Gasteiger partial charge in [0.25, 0.3) is 11.8 Å². The highest BCUT2D eigenvalue weighted by Gasteiger charge is 2.35. The number of aromatic nitrogens is 1. The number of likely N-dealkylation sites (N-methyl/N-ethyl adjacent to an activating group) is 1. The molecule has 1 aromatic heterocycles. The zero-order valence-corrected chi connectivity index (χ0v) is 17.0. The summed E-state index contributed by atoms with van der Waals surface area (Å²) in [5.41, 5.74) is 0.140. The lowest BCUT2D eigenvalue weighted by Gasteiger charge is -2.32. The number of nitrogens with zero attached hydrogens (tertiary/aromatic N) is 4. The number of aromatic hydroxyl groups is 2. The minimum absolute atomic E-state index is 0.137. The van der Waals surface area contributed by atoms with Crippen LogP contribution in [-0.2, 0) is 0 Å². The molecule has 0 spiro atoms. The molecule has 1 fully saturated rings. The van der Waals surface area contributed by atoms with Crippen LogP contribution in [0.25, 0.3) is 5.69 Å². The van der Waals surface area contributed by atoms with Gasteiger partial charge < -0.3 is 29.6 Å². The van der Waals surface area contributed by atoms with E-state index in [4.69, 9.17) is 4.74 Å². The predicted molar refractivity (Wildman–Crippen MR) is 107 cm³/mol. The van der Waals surface area contributed by atoms with Crippen molar-refractivity contribution in [2.75, 3.05) is 54.4 Å². The Morgan fingerprint density at radius 1 is 0.966 bits per heavy atom. The summed E-state index contributed by atoms with van der Waals surface area (Å²) in [4.78, 5) is 31.0. The SMILES string of the molecule is COc1ccc(-n2c(C(=O)N(C)C)c(O)c(O)c2C(=O)N2CCN(C)CC2)cc1. The average Bonchev–Trinajstić information content (AvgIpc) is 2.98. The van der Waals surface area contributed by atoms with E-state index in [1.54, 1.807) is 29.2 Å². The van der Waals surface area contributed by atoms with Crippen molar-refractivity contribution < 1.29 is 24.5 Å². The molecule has 0 bridgehead atoms. The van der Waals surface area contributed by atoms with Crippen LogP contribution in [0, 0.1) is 0 Å². The number of rotatable bonds is 4. The van der Waals surface area contributed by atoms with Crippen molar-refractivity contribution in [1.82, 2.24) is 19.3 Å². The third kappa shape index (κ3) is 3.73. The van der Waals surface area contributed by atoms with Crippen LogP contribution in [0.2, 0.25) is 0 Å². The molecular weight excluding hydrogens is 376 g/mol. The van der Waals surface area contributed by atoms with Gasteiger partial charge in [-0.2, -0.15) is 0 Å². The summed E-state index contributed by atoms with van der Waals surface area (Å²) >= 11 is 0. The molecule has 0 radical (unpaired) electrons. The Morgan fingerprint density at radius 3 is 2.03 bits per heavy atom. The number of carbonyl (C=O) groups excluding carboxylic acids is 2. The zero-order valence-electron chi connectivity index (χ0n) is 17.0. The second kappa shape index (κ2) is 8.04. The number of methoxy groups -OCH3 is 1. The Bertz CT molecular complexity index is 912. The summed E-state index contributed by atoms with van der Waals surface area (Å²) in [7, 11) is 6.57. The third-order valence-corrected chi connectivity index (χ3v) is 5.05. The first-order valence-corrected chi connectivity index (χ1v) is 9.26. The predicted octanol–water partition coefficient (Wildman–Crippen LogP) is 0.986. The standard InChI is InChI=1S/C20H26N4O5/c1-21(2)19(27)15-17(25)18(26)16(20(28)23-11-9-22(3)10-12-23)24(15)13-5-7-14(29-4)8-6-13/h5-8,25-26H,9-12H2,1-4H3. The molecule has 3 rings (SSSR count). The van der Waals surface area contributed by atoms with Crippen molar-refractivity contribution in [3.8, 4) is 22.9 Å². The molecule has 2 aromatic rings. The van der Waals surface area contributed by atoms with Gasteiger partial charge in [-0.25, -0.2) is 0 Å². The summed E-state index contributed by atoms with van der Waals surface area (Å²) in [6, 6.07) is 6.67. The fraction of sp³-hybridized carbons (Fsp3) is 0.400. The molecule has 156 valence electrons. The number of hydrogen-bond acceptors (Lipinski definition) is 6. The molecule has 29 heavy (non-hydrogen) atoms. The maximum Gasteiger partial charge on any atom is 0.274 e. The summed E-state index contributed by atoms with van der Waals surface area (Å²) in [5.74, 6) is -1.60. The summed E-state index contributed by atoms with van der Waals surface area (Å²) in [5, 5.41) is 21.2. The lowest BCUT2D eigenvalue weighted by atomic mass is 10.2. The molecule has 1 aromatic carbocycles. The van der Waals surface area contributed by atoms with Crippen LogP contribution < -0.4 is 4.74 Å². The molecule has 1 aliphatic heterocycles. The minimum atomic E-state index is -0.614. The van der Waals surface area contributed by atoms with Crippen molar-refractivity contribution in [2.24, 2.45) is 0 Å². The largest absolute Gasteiger partial charge is 0.503 e. The number of piperazine rings is 1. The van der Waals surface area contributed by atoms with Crippen LogP contribution in [0.15, 0.2) is 24.3 Å². The van der Waals surface area contributed by atoms with Gasteiger partial charge in [0.15, 0.2) is 22.9 Å². The number of ether oxygens (including phenoxy) is 1. The lowest BCUT2D eigenvalue weighted by Crippen LogP contribution is -2.47. The second-order valence-electron chi connectivity index (χ2n) is 7.22. The van der Waals surface area contributed by atoms with Crippen LogP contribution in [0.4, 0.5) is 0 Å². The Morgan fingerprint density at radius 2 is 1.52 bits per heavy atom. The number of hydrogen-bond donors (Lipinski definition) is 2. The van der Waals surface area contributed by atoms with Gasteiger partial charge in [0, 0.05) is 46.0 Å². The highest BCUT2D eigenvalue weighted by molar-refractivity contribution is 6.04. The molecule has 1 saturated heterocycles. The molecule has 1 aliphatic rings. The molecule has 0 aliphatic carbocycles. The van der Waals surface area contributed by atoms with Gasteiger partial charge in [0.2, 0.25) is 0 Å². The topological polar surface area (TPSA) is 98.5 Å². The van der Waals surface area contributed by atoms with Crippen LogP contribution in [-0.4, -0.2) is 95.7 Å². The fourth-order valence-electron chi connectivity index (χ4n) is 3.30. The Balaban J connectivity index is 2.17. The highest BCUT2D eigenvalue weighted by Crippen LogP contribution is 2.39. The van der Waals surface area contributed by atoms with E-state index in [0.717, 1.165) is 0 Å². The monoisotopic (exact) mass is 402 g/mol. The van der Waals surface area contributed by atoms with E-state index in [1.807, 2.05) is 7.05 Å². The van der Waals surface area contributed by atoms with Crippen molar-refractivity contribution in [3.05, 3.63) is 35.7 Å².